The van der Waals surface area contributed by atoms with E-state index in [1.165, 1.54) is 6.08 Å². The van der Waals surface area contributed by atoms with Gasteiger partial charge in [-0.05, 0) is 65.9 Å². The van der Waals surface area contributed by atoms with Crippen molar-refractivity contribution in [2.45, 2.75) is 72.2 Å². The summed E-state index contributed by atoms with van der Waals surface area (Å²) in [5.74, 6) is -0.461. The fourth-order valence-corrected chi connectivity index (χ4v) is 2.59. The van der Waals surface area contributed by atoms with Crippen LogP contribution in [0.1, 0.15) is 55.4 Å². The first kappa shape index (κ1) is 19.0. The molecule has 2 aliphatic rings. The monoisotopic (exact) mass is 337 g/mol. The number of rotatable bonds is 1. The van der Waals surface area contributed by atoms with E-state index in [2.05, 4.69) is 0 Å². The maximum Gasteiger partial charge on any atom is 0.491 e. The van der Waals surface area contributed by atoms with Crippen LogP contribution in [0.5, 0.6) is 0 Å². The van der Waals surface area contributed by atoms with Gasteiger partial charge in [-0.15, -0.1) is 0 Å². The Bertz CT molecular complexity index is 560. The normalized spacial score (nSPS) is 26.4. The lowest BCUT2D eigenvalue weighted by atomic mass is 9.69. The van der Waals surface area contributed by atoms with E-state index in [4.69, 9.17) is 14.0 Å². The number of carbonyl (C=O) groups excluding carboxylic acids is 2. The zero-order valence-electron chi connectivity index (χ0n) is 15.9. The molecule has 2 heterocycles. The van der Waals surface area contributed by atoms with Crippen LogP contribution in [-0.4, -0.2) is 47.4 Å². The van der Waals surface area contributed by atoms with Crippen molar-refractivity contribution in [1.29, 1.82) is 0 Å². The molecule has 6 nitrogen and oxygen atoms in total. The Morgan fingerprint density at radius 1 is 1.25 bits per heavy atom. The van der Waals surface area contributed by atoms with Crippen molar-refractivity contribution in [3.63, 3.8) is 0 Å². The van der Waals surface area contributed by atoms with E-state index in [0.29, 0.717) is 0 Å². The Morgan fingerprint density at radius 2 is 1.75 bits per heavy atom. The molecular weight excluding hydrogens is 309 g/mol. The summed E-state index contributed by atoms with van der Waals surface area (Å²) in [7, 11) is -0.574. The lowest BCUT2D eigenvalue weighted by molar-refractivity contribution is -0.126. The SMILES string of the molecule is C[C@H]1CN(C(=O)OC(C)(C)C)C(=O)C=C1B1OC(C)(C)C(C)(C)O1. The van der Waals surface area contributed by atoms with Crippen molar-refractivity contribution in [2.24, 2.45) is 5.92 Å². The highest BCUT2D eigenvalue weighted by molar-refractivity contribution is 6.55. The van der Waals surface area contributed by atoms with Gasteiger partial charge in [0.05, 0.1) is 11.2 Å². The van der Waals surface area contributed by atoms with Gasteiger partial charge in [-0.25, -0.2) is 9.69 Å². The van der Waals surface area contributed by atoms with Crippen LogP contribution in [0, 0.1) is 5.92 Å². The molecule has 1 atom stereocenters. The summed E-state index contributed by atoms with van der Waals surface area (Å²) in [6, 6.07) is 0. The van der Waals surface area contributed by atoms with E-state index >= 15 is 0 Å². The quantitative estimate of drug-likeness (QED) is 0.688. The van der Waals surface area contributed by atoms with Crippen LogP contribution >= 0.6 is 0 Å². The first-order chi connectivity index (χ1) is 10.7. The molecule has 0 aromatic carbocycles. The number of amides is 2. The van der Waals surface area contributed by atoms with Crippen molar-refractivity contribution in [3.05, 3.63) is 11.5 Å². The van der Waals surface area contributed by atoms with Gasteiger partial charge in [0.2, 0.25) is 0 Å². The fraction of sp³-hybridized carbons (Fsp3) is 0.765. The molecule has 0 aliphatic carbocycles. The van der Waals surface area contributed by atoms with Gasteiger partial charge in [-0.1, -0.05) is 6.92 Å². The molecule has 0 radical (unpaired) electrons. The van der Waals surface area contributed by atoms with Gasteiger partial charge in [0.1, 0.15) is 5.60 Å². The van der Waals surface area contributed by atoms with Gasteiger partial charge in [-0.2, -0.15) is 0 Å². The molecule has 7 heteroatoms. The number of ether oxygens (including phenoxy) is 1. The Morgan fingerprint density at radius 3 is 2.21 bits per heavy atom. The van der Waals surface area contributed by atoms with E-state index in [0.717, 1.165) is 10.4 Å². The van der Waals surface area contributed by atoms with Crippen LogP contribution in [0.2, 0.25) is 0 Å². The van der Waals surface area contributed by atoms with Crippen LogP contribution < -0.4 is 0 Å². The van der Waals surface area contributed by atoms with Gasteiger partial charge < -0.3 is 14.0 Å². The first-order valence-corrected chi connectivity index (χ1v) is 8.35. The molecule has 0 aromatic rings. The van der Waals surface area contributed by atoms with E-state index in [9.17, 15) is 9.59 Å². The highest BCUT2D eigenvalue weighted by Gasteiger charge is 2.54. The van der Waals surface area contributed by atoms with Crippen LogP contribution in [-0.2, 0) is 18.8 Å². The first-order valence-electron chi connectivity index (χ1n) is 8.35. The number of hydrogen-bond acceptors (Lipinski definition) is 5. The number of nitrogens with zero attached hydrogens (tertiary/aromatic N) is 1. The molecule has 1 fully saturated rings. The molecule has 0 aromatic heterocycles. The van der Waals surface area contributed by atoms with Crippen molar-refractivity contribution in [3.8, 4) is 0 Å². The van der Waals surface area contributed by atoms with Gasteiger partial charge in [0.25, 0.3) is 5.91 Å². The maximum atomic E-state index is 12.4. The minimum atomic E-state index is -0.643. The van der Waals surface area contributed by atoms with Crippen LogP contribution in [0.4, 0.5) is 4.79 Å². The molecule has 0 spiro atoms. The molecule has 2 aliphatic heterocycles. The van der Waals surface area contributed by atoms with Crippen molar-refractivity contribution in [1.82, 2.24) is 4.90 Å². The fourth-order valence-electron chi connectivity index (χ4n) is 2.59. The second-order valence-electron chi connectivity index (χ2n) is 8.56. The molecule has 2 rings (SSSR count). The predicted molar refractivity (Wildman–Crippen MR) is 91.3 cm³/mol. The lowest BCUT2D eigenvalue weighted by Gasteiger charge is -2.32. The molecule has 2 amide bonds. The van der Waals surface area contributed by atoms with Crippen molar-refractivity contribution >= 4 is 19.1 Å². The van der Waals surface area contributed by atoms with Gasteiger partial charge in [-0.3, -0.25) is 4.79 Å². The van der Waals surface area contributed by atoms with Crippen molar-refractivity contribution in [2.75, 3.05) is 6.54 Å². The summed E-state index contributed by atoms with van der Waals surface area (Å²) in [4.78, 5) is 25.7. The topological polar surface area (TPSA) is 65.1 Å². The van der Waals surface area contributed by atoms with Crippen LogP contribution in [0.15, 0.2) is 11.5 Å². The molecule has 0 saturated carbocycles. The summed E-state index contributed by atoms with van der Waals surface area (Å²) in [5.41, 5.74) is -0.817. The minimum absolute atomic E-state index is 0.0649. The third-order valence-corrected chi connectivity index (χ3v) is 4.72. The van der Waals surface area contributed by atoms with E-state index in [1.807, 2.05) is 34.6 Å². The molecule has 134 valence electrons. The summed E-state index contributed by atoms with van der Waals surface area (Å²) >= 11 is 0. The Balaban J connectivity index is 2.17. The van der Waals surface area contributed by atoms with Crippen LogP contribution in [0.3, 0.4) is 0 Å². The molecular formula is C17H28BNO5. The third kappa shape index (κ3) is 3.67. The Labute approximate surface area is 144 Å². The van der Waals surface area contributed by atoms with Gasteiger partial charge in [0, 0.05) is 6.54 Å². The van der Waals surface area contributed by atoms with Gasteiger partial charge >= 0.3 is 13.2 Å². The maximum absolute atomic E-state index is 12.4. The van der Waals surface area contributed by atoms with Gasteiger partial charge in [0.15, 0.2) is 0 Å². The average Bonchev–Trinajstić information content (AvgIpc) is 2.58. The highest BCUT2D eigenvalue weighted by atomic mass is 16.7. The van der Waals surface area contributed by atoms with E-state index in [1.54, 1.807) is 20.8 Å². The number of imide groups is 1. The standard InChI is InChI=1S/C17H28BNO5/c1-11-10-19(14(21)22-15(2,3)4)13(20)9-12(11)18-23-16(5,6)17(7,8)24-18/h9,11H,10H2,1-8H3/t11-/m0/s1. The second kappa shape index (κ2) is 5.88. The van der Waals surface area contributed by atoms with Crippen molar-refractivity contribution < 1.29 is 23.6 Å². The van der Waals surface area contributed by atoms with Crippen LogP contribution in [0.25, 0.3) is 0 Å². The molecule has 0 N–H and O–H groups in total. The van der Waals surface area contributed by atoms with E-state index < -0.39 is 35.9 Å². The molecule has 0 bridgehead atoms. The summed E-state index contributed by atoms with van der Waals surface area (Å²) in [6.45, 7) is 15.4. The highest BCUT2D eigenvalue weighted by Crippen LogP contribution is 2.40. The zero-order valence-corrected chi connectivity index (χ0v) is 15.9. The molecule has 1 saturated heterocycles. The lowest BCUT2D eigenvalue weighted by Crippen LogP contribution is -2.47. The summed E-state index contributed by atoms with van der Waals surface area (Å²) < 4.78 is 17.3. The summed E-state index contributed by atoms with van der Waals surface area (Å²) in [6.07, 6.45) is 0.823. The minimum Gasteiger partial charge on any atom is -0.443 e. The average molecular weight is 337 g/mol. The van der Waals surface area contributed by atoms with E-state index in [-0.39, 0.29) is 12.5 Å². The zero-order chi connectivity index (χ0) is 18.5. The summed E-state index contributed by atoms with van der Waals surface area (Å²) in [5, 5.41) is 0. The number of carbonyl (C=O) groups is 2. The second-order valence-corrected chi connectivity index (χ2v) is 8.56. The smallest absolute Gasteiger partial charge is 0.443 e. The molecule has 0 unspecified atom stereocenters. The predicted octanol–water partition coefficient (Wildman–Crippen LogP) is 2.96. The largest absolute Gasteiger partial charge is 0.491 e. The number of hydrogen-bond donors (Lipinski definition) is 0. The molecule has 24 heavy (non-hydrogen) atoms. The Hall–Kier alpha value is -1.34. The Kier molecular flexibility index (Phi) is 4.65. The third-order valence-electron chi connectivity index (χ3n) is 4.72.